The number of fused-ring (bicyclic) bond motifs is 1. The summed E-state index contributed by atoms with van der Waals surface area (Å²) in [5, 5.41) is 2.59. The number of rotatable bonds is 2. The number of benzene rings is 1. The monoisotopic (exact) mass is 256 g/mol. The number of anilines is 1. The molecule has 0 spiro atoms. The number of carbonyl (C=O) groups is 1. The molecule has 2 N–H and O–H groups in total. The second-order valence-corrected chi connectivity index (χ2v) is 5.50. The van der Waals surface area contributed by atoms with E-state index in [1.54, 1.807) is 6.92 Å². The van der Waals surface area contributed by atoms with Crippen molar-refractivity contribution in [2.45, 2.75) is 17.9 Å². The van der Waals surface area contributed by atoms with Crippen LogP contribution in [0.1, 0.15) is 6.92 Å². The molecule has 0 saturated carbocycles. The number of hydrogen-bond acceptors (Lipinski definition) is 4. The summed E-state index contributed by atoms with van der Waals surface area (Å²) in [7, 11) is -2.19. The van der Waals surface area contributed by atoms with Gasteiger partial charge in [0.05, 0.1) is 10.6 Å². The number of hydrogen-bond donors (Lipinski definition) is 2. The van der Waals surface area contributed by atoms with Gasteiger partial charge in [0.1, 0.15) is 5.75 Å². The molecule has 0 fully saturated rings. The Morgan fingerprint density at radius 3 is 2.76 bits per heavy atom. The normalized spacial score (nSPS) is 19.2. The molecule has 1 amide bonds. The number of nitrogens with one attached hydrogen (secondary N) is 2. The third kappa shape index (κ3) is 2.11. The van der Waals surface area contributed by atoms with Crippen molar-refractivity contribution in [3.8, 4) is 5.75 Å². The summed E-state index contributed by atoms with van der Waals surface area (Å²) in [6.45, 7) is 1.62. The van der Waals surface area contributed by atoms with Crippen LogP contribution in [0.3, 0.4) is 0 Å². The largest absolute Gasteiger partial charge is 0.479 e. The Balaban J connectivity index is 2.46. The van der Waals surface area contributed by atoms with Crippen LogP contribution in [0.25, 0.3) is 0 Å². The van der Waals surface area contributed by atoms with Gasteiger partial charge in [-0.3, -0.25) is 4.79 Å². The first-order valence-electron chi connectivity index (χ1n) is 4.99. The second-order valence-electron chi connectivity index (χ2n) is 3.61. The first kappa shape index (κ1) is 11.9. The first-order chi connectivity index (χ1) is 7.94. The average molecular weight is 256 g/mol. The lowest BCUT2D eigenvalue weighted by Crippen LogP contribution is -2.34. The zero-order valence-corrected chi connectivity index (χ0v) is 10.2. The molecule has 1 aromatic rings. The van der Waals surface area contributed by atoms with Gasteiger partial charge in [-0.15, -0.1) is 0 Å². The fraction of sp³-hybridized carbons (Fsp3) is 0.300. The van der Waals surface area contributed by atoms with Crippen LogP contribution in [-0.2, 0) is 14.8 Å². The number of ether oxygens (including phenoxy) is 1. The Hall–Kier alpha value is -1.60. The minimum absolute atomic E-state index is 0.0807. The molecule has 1 aromatic carbocycles. The van der Waals surface area contributed by atoms with Crippen molar-refractivity contribution in [2.24, 2.45) is 0 Å². The van der Waals surface area contributed by atoms with Crippen molar-refractivity contribution in [1.82, 2.24) is 4.72 Å². The topological polar surface area (TPSA) is 84.5 Å². The zero-order valence-electron chi connectivity index (χ0n) is 9.35. The van der Waals surface area contributed by atoms with Gasteiger partial charge in [-0.05, 0) is 32.2 Å². The van der Waals surface area contributed by atoms with Gasteiger partial charge in [-0.1, -0.05) is 0 Å². The van der Waals surface area contributed by atoms with Gasteiger partial charge < -0.3 is 10.1 Å². The summed E-state index contributed by atoms with van der Waals surface area (Å²) >= 11 is 0. The van der Waals surface area contributed by atoms with Gasteiger partial charge in [-0.25, -0.2) is 13.1 Å². The fourth-order valence-electron chi connectivity index (χ4n) is 1.47. The summed E-state index contributed by atoms with van der Waals surface area (Å²) in [6.07, 6.45) is -0.575. The van der Waals surface area contributed by atoms with Crippen LogP contribution in [0.2, 0.25) is 0 Å². The highest BCUT2D eigenvalue weighted by Crippen LogP contribution is 2.31. The van der Waals surface area contributed by atoms with Crippen LogP contribution in [-0.4, -0.2) is 27.5 Å². The van der Waals surface area contributed by atoms with Crippen LogP contribution in [0.4, 0.5) is 5.69 Å². The van der Waals surface area contributed by atoms with E-state index < -0.39 is 16.1 Å². The highest BCUT2D eigenvalue weighted by molar-refractivity contribution is 7.89. The van der Waals surface area contributed by atoms with Gasteiger partial charge in [0.15, 0.2) is 6.10 Å². The molecule has 7 heteroatoms. The van der Waals surface area contributed by atoms with E-state index in [4.69, 9.17) is 4.74 Å². The minimum atomic E-state index is -3.52. The Kier molecular flexibility index (Phi) is 2.80. The average Bonchev–Trinajstić information content (AvgIpc) is 2.30. The highest BCUT2D eigenvalue weighted by atomic mass is 32.2. The maximum absolute atomic E-state index is 11.6. The van der Waals surface area contributed by atoms with Gasteiger partial charge >= 0.3 is 0 Å². The summed E-state index contributed by atoms with van der Waals surface area (Å²) in [6, 6.07) is 4.31. The van der Waals surface area contributed by atoms with E-state index in [9.17, 15) is 13.2 Å². The van der Waals surface area contributed by atoms with Gasteiger partial charge in [0, 0.05) is 0 Å². The molecule has 17 heavy (non-hydrogen) atoms. The quantitative estimate of drug-likeness (QED) is 0.797. The minimum Gasteiger partial charge on any atom is -0.479 e. The van der Waals surface area contributed by atoms with Crippen molar-refractivity contribution < 1.29 is 17.9 Å². The molecule has 2 rings (SSSR count). The van der Waals surface area contributed by atoms with Crippen molar-refractivity contribution in [3.63, 3.8) is 0 Å². The third-order valence-corrected chi connectivity index (χ3v) is 3.87. The molecule has 1 aliphatic rings. The lowest BCUT2D eigenvalue weighted by atomic mass is 10.2. The Bertz CT molecular complexity index is 568. The van der Waals surface area contributed by atoms with Crippen LogP contribution in [0.15, 0.2) is 23.1 Å². The Morgan fingerprint density at radius 2 is 2.12 bits per heavy atom. The summed E-state index contributed by atoms with van der Waals surface area (Å²) in [5.41, 5.74) is 0.365. The van der Waals surface area contributed by atoms with E-state index in [1.165, 1.54) is 25.2 Å². The van der Waals surface area contributed by atoms with E-state index in [2.05, 4.69) is 10.0 Å². The molecular weight excluding hydrogens is 244 g/mol. The van der Waals surface area contributed by atoms with Crippen molar-refractivity contribution >= 4 is 21.6 Å². The van der Waals surface area contributed by atoms with Gasteiger partial charge in [-0.2, -0.15) is 0 Å². The standard InChI is InChI=1S/C10H12N2O4S/c1-6-10(13)12-8-5-7(17(14,15)11-2)3-4-9(8)16-6/h3-6,11H,1-2H3,(H,12,13). The Morgan fingerprint density at radius 1 is 1.41 bits per heavy atom. The lowest BCUT2D eigenvalue weighted by Gasteiger charge is -2.23. The van der Waals surface area contributed by atoms with E-state index in [-0.39, 0.29) is 10.8 Å². The van der Waals surface area contributed by atoms with E-state index in [0.717, 1.165) is 0 Å². The molecule has 1 unspecified atom stereocenters. The predicted octanol–water partition coefficient (Wildman–Crippen LogP) is 0.314. The van der Waals surface area contributed by atoms with Gasteiger partial charge in [0.25, 0.3) is 5.91 Å². The smallest absolute Gasteiger partial charge is 0.265 e. The van der Waals surface area contributed by atoms with E-state index in [0.29, 0.717) is 11.4 Å². The number of amides is 1. The van der Waals surface area contributed by atoms with Crippen LogP contribution >= 0.6 is 0 Å². The second kappa shape index (κ2) is 4.01. The zero-order chi connectivity index (χ0) is 12.6. The molecule has 0 aliphatic carbocycles. The first-order valence-corrected chi connectivity index (χ1v) is 6.47. The van der Waals surface area contributed by atoms with Crippen LogP contribution in [0.5, 0.6) is 5.75 Å². The molecule has 0 saturated heterocycles. The third-order valence-electron chi connectivity index (χ3n) is 2.46. The number of carbonyl (C=O) groups excluding carboxylic acids is 1. The molecule has 1 atom stereocenters. The highest BCUT2D eigenvalue weighted by Gasteiger charge is 2.25. The molecule has 1 heterocycles. The molecule has 0 radical (unpaired) electrons. The maximum atomic E-state index is 11.6. The Labute approximate surface area is 99.0 Å². The molecular formula is C10H12N2O4S. The SMILES string of the molecule is CNS(=O)(=O)c1ccc2c(c1)NC(=O)C(C)O2. The summed E-state index contributed by atoms with van der Waals surface area (Å²) < 4.78 is 30.7. The van der Waals surface area contributed by atoms with E-state index in [1.807, 2.05) is 0 Å². The van der Waals surface area contributed by atoms with Gasteiger partial charge in [0.2, 0.25) is 10.0 Å². The van der Waals surface area contributed by atoms with Crippen LogP contribution < -0.4 is 14.8 Å². The van der Waals surface area contributed by atoms with E-state index >= 15 is 0 Å². The van der Waals surface area contributed by atoms with Crippen molar-refractivity contribution in [2.75, 3.05) is 12.4 Å². The predicted molar refractivity (Wildman–Crippen MR) is 61.4 cm³/mol. The summed E-state index contributed by atoms with van der Waals surface area (Å²) in [5.74, 6) is 0.170. The summed E-state index contributed by atoms with van der Waals surface area (Å²) in [4.78, 5) is 11.5. The lowest BCUT2D eigenvalue weighted by molar-refractivity contribution is -0.122. The molecule has 6 nitrogen and oxygen atoms in total. The molecule has 0 aromatic heterocycles. The molecule has 1 aliphatic heterocycles. The van der Waals surface area contributed by atoms with Crippen LogP contribution in [0, 0.1) is 0 Å². The maximum Gasteiger partial charge on any atom is 0.265 e. The molecule has 92 valence electrons. The number of sulfonamides is 1. The fourth-order valence-corrected chi connectivity index (χ4v) is 2.23. The van der Waals surface area contributed by atoms with Crippen molar-refractivity contribution in [1.29, 1.82) is 0 Å². The molecule has 0 bridgehead atoms. The van der Waals surface area contributed by atoms with Crippen molar-refractivity contribution in [3.05, 3.63) is 18.2 Å².